The molecule has 2 N–H and O–H groups in total. The number of rotatable bonds is 6. The van der Waals surface area contributed by atoms with E-state index in [4.69, 9.17) is 0 Å². The number of hydrogen-bond acceptors (Lipinski definition) is 4. The normalized spacial score (nSPS) is 32.6. The minimum atomic E-state index is -3.09. The molecule has 1 aliphatic carbocycles. The fraction of sp³-hybridized carbons (Fsp3) is 1.00. The summed E-state index contributed by atoms with van der Waals surface area (Å²) in [7, 11) is -3.09. The van der Waals surface area contributed by atoms with Crippen LogP contribution >= 0.6 is 0 Å². The lowest BCUT2D eigenvalue weighted by Crippen LogP contribution is -2.45. The average Bonchev–Trinajstić information content (AvgIpc) is 2.87. The topological polar surface area (TPSA) is 69.6 Å². The number of hydrogen-bond donors (Lipinski definition) is 2. The smallest absolute Gasteiger partial charge is 0.211 e. The van der Waals surface area contributed by atoms with Gasteiger partial charge in [-0.1, -0.05) is 12.8 Å². The van der Waals surface area contributed by atoms with Crippen molar-refractivity contribution in [3.05, 3.63) is 0 Å². The van der Waals surface area contributed by atoms with Gasteiger partial charge in [-0.15, -0.1) is 0 Å². The van der Waals surface area contributed by atoms with E-state index < -0.39 is 10.0 Å². The molecule has 0 aromatic heterocycles. The first-order chi connectivity index (χ1) is 9.53. The van der Waals surface area contributed by atoms with Crippen LogP contribution in [0.2, 0.25) is 0 Å². The quantitative estimate of drug-likeness (QED) is 0.766. The SMILES string of the molecule is CCS(=O)(=O)NCCN1CCCC1C1CCCCC1O. The Morgan fingerprint density at radius 1 is 1.20 bits per heavy atom. The molecule has 20 heavy (non-hydrogen) atoms. The van der Waals surface area contributed by atoms with Crippen molar-refractivity contribution in [1.82, 2.24) is 9.62 Å². The number of aliphatic hydroxyl groups is 1. The molecule has 1 saturated carbocycles. The molecule has 0 radical (unpaired) electrons. The van der Waals surface area contributed by atoms with Gasteiger partial charge in [0.25, 0.3) is 0 Å². The van der Waals surface area contributed by atoms with Gasteiger partial charge < -0.3 is 5.11 Å². The third kappa shape index (κ3) is 4.16. The fourth-order valence-electron chi connectivity index (χ4n) is 3.65. The molecule has 3 unspecified atom stereocenters. The predicted octanol–water partition coefficient (Wildman–Crippen LogP) is 0.941. The summed E-state index contributed by atoms with van der Waals surface area (Å²) in [6, 6.07) is 0.441. The Bertz CT molecular complexity index is 399. The minimum absolute atomic E-state index is 0.137. The zero-order valence-corrected chi connectivity index (χ0v) is 13.2. The highest BCUT2D eigenvalue weighted by Gasteiger charge is 2.36. The molecule has 0 spiro atoms. The highest BCUT2D eigenvalue weighted by Crippen LogP contribution is 2.34. The van der Waals surface area contributed by atoms with E-state index in [2.05, 4.69) is 9.62 Å². The Morgan fingerprint density at radius 2 is 1.95 bits per heavy atom. The molecule has 0 aromatic rings. The summed E-state index contributed by atoms with van der Waals surface area (Å²) in [6.07, 6.45) is 6.54. The lowest BCUT2D eigenvalue weighted by Gasteiger charge is -2.37. The molecule has 1 heterocycles. The predicted molar refractivity (Wildman–Crippen MR) is 80.0 cm³/mol. The van der Waals surface area contributed by atoms with Crippen LogP contribution in [0.1, 0.15) is 45.4 Å². The third-order valence-corrected chi connectivity index (χ3v) is 6.20. The van der Waals surface area contributed by atoms with Gasteiger partial charge in [0.05, 0.1) is 11.9 Å². The van der Waals surface area contributed by atoms with Crippen molar-refractivity contribution in [2.45, 2.75) is 57.6 Å². The zero-order valence-electron chi connectivity index (χ0n) is 12.4. The number of nitrogens with zero attached hydrogens (tertiary/aromatic N) is 1. The van der Waals surface area contributed by atoms with E-state index >= 15 is 0 Å². The molecule has 1 saturated heterocycles. The van der Waals surface area contributed by atoms with Crippen molar-refractivity contribution in [2.75, 3.05) is 25.4 Å². The highest BCUT2D eigenvalue weighted by molar-refractivity contribution is 7.89. The molecule has 6 heteroatoms. The molecular formula is C14H28N2O3S. The van der Waals surface area contributed by atoms with E-state index in [0.29, 0.717) is 18.5 Å². The maximum atomic E-state index is 11.4. The van der Waals surface area contributed by atoms with Crippen LogP contribution in [0.4, 0.5) is 0 Å². The number of aliphatic hydroxyl groups excluding tert-OH is 1. The molecular weight excluding hydrogens is 276 g/mol. The molecule has 2 fully saturated rings. The summed E-state index contributed by atoms with van der Waals surface area (Å²) >= 11 is 0. The van der Waals surface area contributed by atoms with Gasteiger partial charge >= 0.3 is 0 Å². The van der Waals surface area contributed by atoms with Gasteiger partial charge in [0.2, 0.25) is 10.0 Å². The van der Waals surface area contributed by atoms with Crippen LogP contribution in [0.3, 0.4) is 0 Å². The summed E-state index contributed by atoms with van der Waals surface area (Å²) < 4.78 is 25.5. The second-order valence-corrected chi connectivity index (χ2v) is 8.15. The number of sulfonamides is 1. The van der Waals surface area contributed by atoms with Crippen molar-refractivity contribution in [1.29, 1.82) is 0 Å². The molecule has 0 bridgehead atoms. The fourth-order valence-corrected chi connectivity index (χ4v) is 4.26. The first-order valence-electron chi connectivity index (χ1n) is 7.93. The van der Waals surface area contributed by atoms with E-state index in [-0.39, 0.29) is 11.9 Å². The van der Waals surface area contributed by atoms with Crippen molar-refractivity contribution in [3.8, 4) is 0 Å². The molecule has 0 aromatic carbocycles. The Morgan fingerprint density at radius 3 is 2.65 bits per heavy atom. The number of nitrogens with one attached hydrogen (secondary N) is 1. The van der Waals surface area contributed by atoms with Crippen LogP contribution in [0.25, 0.3) is 0 Å². The van der Waals surface area contributed by atoms with Crippen molar-refractivity contribution >= 4 is 10.0 Å². The maximum Gasteiger partial charge on any atom is 0.211 e. The molecule has 2 aliphatic rings. The summed E-state index contributed by atoms with van der Waals surface area (Å²) in [5, 5.41) is 10.2. The zero-order chi connectivity index (χ0) is 14.6. The highest BCUT2D eigenvalue weighted by atomic mass is 32.2. The monoisotopic (exact) mass is 304 g/mol. The third-order valence-electron chi connectivity index (χ3n) is 4.79. The lowest BCUT2D eigenvalue weighted by atomic mass is 9.80. The Balaban J connectivity index is 1.84. The van der Waals surface area contributed by atoms with Gasteiger partial charge in [0.1, 0.15) is 0 Å². The van der Waals surface area contributed by atoms with Gasteiger partial charge in [-0.25, -0.2) is 13.1 Å². The molecule has 1 aliphatic heterocycles. The van der Waals surface area contributed by atoms with E-state index in [1.54, 1.807) is 6.92 Å². The Labute approximate surface area is 122 Å². The Hall–Kier alpha value is -0.170. The van der Waals surface area contributed by atoms with E-state index in [1.165, 1.54) is 6.42 Å². The molecule has 0 amide bonds. The summed E-state index contributed by atoms with van der Waals surface area (Å²) in [4.78, 5) is 2.37. The van der Waals surface area contributed by atoms with Crippen molar-refractivity contribution < 1.29 is 13.5 Å². The summed E-state index contributed by atoms with van der Waals surface area (Å²) in [5.74, 6) is 0.520. The van der Waals surface area contributed by atoms with Crippen molar-refractivity contribution in [2.24, 2.45) is 5.92 Å². The van der Waals surface area contributed by atoms with Gasteiger partial charge in [0, 0.05) is 25.0 Å². The van der Waals surface area contributed by atoms with Crippen LogP contribution in [-0.2, 0) is 10.0 Å². The van der Waals surface area contributed by atoms with Gasteiger partial charge in [-0.05, 0) is 39.2 Å². The largest absolute Gasteiger partial charge is 0.393 e. The average molecular weight is 304 g/mol. The van der Waals surface area contributed by atoms with Crippen LogP contribution in [0.5, 0.6) is 0 Å². The molecule has 2 rings (SSSR count). The van der Waals surface area contributed by atoms with Gasteiger partial charge in [0.15, 0.2) is 0 Å². The van der Waals surface area contributed by atoms with Crippen LogP contribution < -0.4 is 4.72 Å². The van der Waals surface area contributed by atoms with Crippen LogP contribution in [0.15, 0.2) is 0 Å². The van der Waals surface area contributed by atoms with Crippen LogP contribution in [-0.4, -0.2) is 56.0 Å². The standard InChI is InChI=1S/C14H28N2O3S/c1-2-20(18,19)15-9-11-16-10-5-7-13(16)12-6-3-4-8-14(12)17/h12-15,17H,2-11H2,1H3. The first kappa shape index (κ1) is 16.2. The number of likely N-dealkylation sites (tertiary alicyclic amines) is 1. The summed E-state index contributed by atoms with van der Waals surface area (Å²) in [5.41, 5.74) is 0. The van der Waals surface area contributed by atoms with E-state index in [1.807, 2.05) is 0 Å². The second kappa shape index (κ2) is 7.20. The second-order valence-electron chi connectivity index (χ2n) is 6.06. The molecule has 3 atom stereocenters. The lowest BCUT2D eigenvalue weighted by molar-refractivity contribution is 0.0227. The van der Waals surface area contributed by atoms with Crippen LogP contribution in [0, 0.1) is 5.92 Å². The van der Waals surface area contributed by atoms with Crippen molar-refractivity contribution in [3.63, 3.8) is 0 Å². The minimum Gasteiger partial charge on any atom is -0.393 e. The van der Waals surface area contributed by atoms with Gasteiger partial charge in [-0.3, -0.25) is 4.90 Å². The van der Waals surface area contributed by atoms with E-state index in [0.717, 1.165) is 45.2 Å². The molecule has 5 nitrogen and oxygen atoms in total. The van der Waals surface area contributed by atoms with Gasteiger partial charge in [-0.2, -0.15) is 0 Å². The Kier molecular flexibility index (Phi) is 5.84. The summed E-state index contributed by atoms with van der Waals surface area (Å²) in [6.45, 7) is 3.92. The first-order valence-corrected chi connectivity index (χ1v) is 9.58. The van der Waals surface area contributed by atoms with E-state index in [9.17, 15) is 13.5 Å². The maximum absolute atomic E-state index is 11.4. The molecule has 118 valence electrons.